The summed E-state index contributed by atoms with van der Waals surface area (Å²) in [7, 11) is 0. The van der Waals surface area contributed by atoms with E-state index in [4.69, 9.17) is 34.8 Å². The molecule has 82 valence electrons. The van der Waals surface area contributed by atoms with E-state index in [-0.39, 0.29) is 0 Å². The summed E-state index contributed by atoms with van der Waals surface area (Å²) in [6.07, 6.45) is 1.41. The molecular formula is C10H14BrCl3. The van der Waals surface area contributed by atoms with Crippen molar-refractivity contribution in [3.8, 4) is 0 Å². The molecule has 0 heterocycles. The third-order valence-corrected chi connectivity index (χ3v) is 4.84. The van der Waals surface area contributed by atoms with E-state index in [9.17, 15) is 0 Å². The van der Waals surface area contributed by atoms with Crippen LogP contribution in [0.4, 0.5) is 0 Å². The van der Waals surface area contributed by atoms with E-state index >= 15 is 0 Å². The molecule has 1 atom stereocenters. The Hall–Kier alpha value is 0.830. The first-order valence-corrected chi connectivity index (χ1v) is 6.50. The van der Waals surface area contributed by atoms with Crippen LogP contribution in [0.15, 0.2) is 22.2 Å². The normalized spacial score (nSPS) is 14.7. The molecule has 0 aliphatic heterocycles. The Morgan fingerprint density at radius 2 is 1.86 bits per heavy atom. The number of alkyl halides is 2. The van der Waals surface area contributed by atoms with Gasteiger partial charge in [0, 0.05) is 15.4 Å². The van der Waals surface area contributed by atoms with Gasteiger partial charge in [-0.1, -0.05) is 51.3 Å². The standard InChI is InChI=1S/C10H14BrCl3/c1-7(2)9(13)4-5-10(14,6-11)8(3)12/h3-6H2,1-2H3/t10-/m0/s1. The van der Waals surface area contributed by atoms with Gasteiger partial charge < -0.3 is 0 Å². The van der Waals surface area contributed by atoms with Crippen LogP contribution in [0.1, 0.15) is 26.7 Å². The summed E-state index contributed by atoms with van der Waals surface area (Å²) < 4.78 is 0. The summed E-state index contributed by atoms with van der Waals surface area (Å²) in [6, 6.07) is 0. The van der Waals surface area contributed by atoms with Gasteiger partial charge in [0.15, 0.2) is 0 Å². The van der Waals surface area contributed by atoms with Gasteiger partial charge in [-0.3, -0.25) is 0 Å². The molecular weight excluding hydrogens is 306 g/mol. The molecule has 0 amide bonds. The summed E-state index contributed by atoms with van der Waals surface area (Å²) in [5.41, 5.74) is 1.11. The highest BCUT2D eigenvalue weighted by atomic mass is 79.9. The molecule has 0 aliphatic rings. The quantitative estimate of drug-likeness (QED) is 0.593. The zero-order valence-electron chi connectivity index (χ0n) is 8.34. The fourth-order valence-electron chi connectivity index (χ4n) is 0.833. The lowest BCUT2D eigenvalue weighted by atomic mass is 10.0. The van der Waals surface area contributed by atoms with Crippen molar-refractivity contribution in [1.82, 2.24) is 0 Å². The number of hydrogen-bond donors (Lipinski definition) is 0. The van der Waals surface area contributed by atoms with E-state index in [0.717, 1.165) is 17.0 Å². The van der Waals surface area contributed by atoms with Crippen LogP contribution in [0, 0.1) is 0 Å². The zero-order chi connectivity index (χ0) is 11.4. The van der Waals surface area contributed by atoms with Gasteiger partial charge in [-0.2, -0.15) is 0 Å². The van der Waals surface area contributed by atoms with Gasteiger partial charge in [-0.05, 0) is 26.7 Å². The van der Waals surface area contributed by atoms with Crippen LogP contribution in [0.3, 0.4) is 0 Å². The third-order valence-electron chi connectivity index (χ3n) is 1.98. The maximum atomic E-state index is 6.25. The van der Waals surface area contributed by atoms with Crippen molar-refractivity contribution in [2.45, 2.75) is 31.6 Å². The molecule has 14 heavy (non-hydrogen) atoms. The number of allylic oxidation sites excluding steroid dienone is 3. The molecule has 0 aromatic carbocycles. The number of rotatable bonds is 5. The highest BCUT2D eigenvalue weighted by Gasteiger charge is 2.28. The smallest absolute Gasteiger partial charge is 0.0894 e. The van der Waals surface area contributed by atoms with E-state index in [1.54, 1.807) is 0 Å². The molecule has 0 aromatic heterocycles. The summed E-state index contributed by atoms with van der Waals surface area (Å²) in [5.74, 6) is 0. The highest BCUT2D eigenvalue weighted by molar-refractivity contribution is 9.09. The molecule has 0 nitrogen and oxygen atoms in total. The van der Waals surface area contributed by atoms with Gasteiger partial charge in [-0.15, -0.1) is 11.6 Å². The van der Waals surface area contributed by atoms with E-state index in [0.29, 0.717) is 16.8 Å². The highest BCUT2D eigenvalue weighted by Crippen LogP contribution is 2.35. The maximum absolute atomic E-state index is 6.25. The van der Waals surface area contributed by atoms with Gasteiger partial charge in [0.25, 0.3) is 0 Å². The minimum Gasteiger partial charge on any atom is -0.112 e. The molecule has 0 spiro atoms. The van der Waals surface area contributed by atoms with Gasteiger partial charge in [0.05, 0.1) is 4.87 Å². The van der Waals surface area contributed by atoms with Crippen molar-refractivity contribution in [3.05, 3.63) is 22.2 Å². The maximum Gasteiger partial charge on any atom is 0.0894 e. The van der Waals surface area contributed by atoms with Crippen LogP contribution < -0.4 is 0 Å². The molecule has 0 saturated carbocycles. The predicted octanol–water partition coefficient (Wildman–Crippen LogP) is 5.42. The summed E-state index contributed by atoms with van der Waals surface area (Å²) in [6.45, 7) is 7.61. The Morgan fingerprint density at radius 1 is 1.36 bits per heavy atom. The van der Waals surface area contributed by atoms with Crippen molar-refractivity contribution >= 4 is 50.7 Å². The second-order valence-corrected chi connectivity index (χ2v) is 5.61. The lowest BCUT2D eigenvalue weighted by Gasteiger charge is -2.23. The second kappa shape index (κ2) is 6.42. The summed E-state index contributed by atoms with van der Waals surface area (Å²) in [4.78, 5) is -0.600. The first-order chi connectivity index (χ1) is 6.33. The minimum absolute atomic E-state index is 0.453. The van der Waals surface area contributed by atoms with E-state index in [1.807, 2.05) is 13.8 Å². The monoisotopic (exact) mass is 318 g/mol. The molecule has 0 radical (unpaired) electrons. The molecule has 0 aliphatic carbocycles. The Kier molecular flexibility index (Phi) is 6.80. The van der Waals surface area contributed by atoms with Crippen LogP contribution in [-0.4, -0.2) is 10.2 Å². The molecule has 0 saturated heterocycles. The second-order valence-electron chi connectivity index (χ2n) is 3.41. The van der Waals surface area contributed by atoms with Crippen LogP contribution in [0.2, 0.25) is 0 Å². The van der Waals surface area contributed by atoms with Gasteiger partial charge in [0.1, 0.15) is 0 Å². The third kappa shape index (κ3) is 4.57. The van der Waals surface area contributed by atoms with Crippen molar-refractivity contribution < 1.29 is 0 Å². The Morgan fingerprint density at radius 3 is 2.14 bits per heavy atom. The largest absolute Gasteiger partial charge is 0.112 e. The van der Waals surface area contributed by atoms with Crippen molar-refractivity contribution in [2.24, 2.45) is 0 Å². The average Bonchev–Trinajstić information content (AvgIpc) is 2.12. The van der Waals surface area contributed by atoms with Crippen molar-refractivity contribution in [3.63, 3.8) is 0 Å². The van der Waals surface area contributed by atoms with E-state index in [1.165, 1.54) is 0 Å². The van der Waals surface area contributed by atoms with Gasteiger partial charge in [-0.25, -0.2) is 0 Å². The fraction of sp³-hybridized carbons (Fsp3) is 0.600. The van der Waals surface area contributed by atoms with Crippen LogP contribution >= 0.6 is 50.7 Å². The van der Waals surface area contributed by atoms with Crippen LogP contribution in [0.5, 0.6) is 0 Å². The lowest BCUT2D eigenvalue weighted by molar-refractivity contribution is 0.694. The summed E-state index contributed by atoms with van der Waals surface area (Å²) in [5, 5.41) is 1.87. The van der Waals surface area contributed by atoms with Crippen molar-refractivity contribution in [2.75, 3.05) is 5.33 Å². The SMILES string of the molecule is C=C(Cl)[C@@](Cl)(CBr)CCC(Cl)=C(C)C. The molecule has 4 heteroatoms. The molecule has 0 aromatic rings. The lowest BCUT2D eigenvalue weighted by Crippen LogP contribution is -2.23. The van der Waals surface area contributed by atoms with Crippen molar-refractivity contribution in [1.29, 1.82) is 0 Å². The first-order valence-electron chi connectivity index (χ1n) is 4.25. The number of hydrogen-bond acceptors (Lipinski definition) is 0. The van der Waals surface area contributed by atoms with Gasteiger partial charge in [0.2, 0.25) is 0 Å². The van der Waals surface area contributed by atoms with Crippen LogP contribution in [0.25, 0.3) is 0 Å². The predicted molar refractivity (Wildman–Crippen MR) is 70.8 cm³/mol. The van der Waals surface area contributed by atoms with E-state index < -0.39 is 4.87 Å². The topological polar surface area (TPSA) is 0 Å². The Balaban J connectivity index is 4.37. The molecule has 0 rings (SSSR count). The molecule has 0 N–H and O–H groups in total. The minimum atomic E-state index is -0.600. The average molecular weight is 320 g/mol. The zero-order valence-corrected chi connectivity index (χ0v) is 12.2. The summed E-state index contributed by atoms with van der Waals surface area (Å²) >= 11 is 21.4. The molecule has 0 bridgehead atoms. The van der Waals surface area contributed by atoms with E-state index in [2.05, 4.69) is 22.5 Å². The number of halogens is 4. The van der Waals surface area contributed by atoms with Gasteiger partial charge >= 0.3 is 0 Å². The van der Waals surface area contributed by atoms with Crippen LogP contribution in [-0.2, 0) is 0 Å². The Labute approximate surface area is 109 Å². The molecule has 0 unspecified atom stereocenters. The Bertz CT molecular complexity index is 244. The fourth-order valence-corrected chi connectivity index (χ4v) is 1.96. The first kappa shape index (κ1) is 14.8. The molecule has 0 fully saturated rings.